The average molecular weight is 352 g/mol. The summed E-state index contributed by atoms with van der Waals surface area (Å²) in [5.41, 5.74) is 0.384. The largest absolute Gasteiger partial charge is 0.486 e. The summed E-state index contributed by atoms with van der Waals surface area (Å²) in [5, 5.41) is 2.86. The SMILES string of the molecule is CN(C(=O)C1(C(=O)Nc2ccc3c(c2)OCCO3)CC1)c1ccccc1. The fourth-order valence-corrected chi connectivity index (χ4v) is 3.12. The number of carbonyl (C=O) groups is 2. The molecule has 4 rings (SSSR count). The van der Waals surface area contributed by atoms with Gasteiger partial charge in [0.25, 0.3) is 0 Å². The van der Waals surface area contributed by atoms with Crippen LogP contribution < -0.4 is 19.7 Å². The predicted molar refractivity (Wildman–Crippen MR) is 97.6 cm³/mol. The Morgan fingerprint density at radius 3 is 2.38 bits per heavy atom. The Morgan fingerprint density at radius 1 is 1.00 bits per heavy atom. The van der Waals surface area contributed by atoms with Crippen molar-refractivity contribution in [2.24, 2.45) is 5.41 Å². The second-order valence-electron chi connectivity index (χ2n) is 6.59. The monoisotopic (exact) mass is 352 g/mol. The Morgan fingerprint density at radius 2 is 1.69 bits per heavy atom. The van der Waals surface area contributed by atoms with Gasteiger partial charge in [-0.2, -0.15) is 0 Å². The van der Waals surface area contributed by atoms with Crippen LogP contribution in [0.15, 0.2) is 48.5 Å². The number of carbonyl (C=O) groups excluding carboxylic acids is 2. The highest BCUT2D eigenvalue weighted by atomic mass is 16.6. The van der Waals surface area contributed by atoms with Gasteiger partial charge in [0.1, 0.15) is 18.6 Å². The van der Waals surface area contributed by atoms with E-state index in [0.717, 1.165) is 5.69 Å². The van der Waals surface area contributed by atoms with Crippen LogP contribution in [0, 0.1) is 5.41 Å². The minimum atomic E-state index is -0.988. The molecule has 0 saturated heterocycles. The Labute approximate surface area is 151 Å². The number of para-hydroxylation sites is 1. The number of anilines is 2. The minimum absolute atomic E-state index is 0.182. The van der Waals surface area contributed by atoms with E-state index in [1.165, 1.54) is 0 Å². The Kier molecular flexibility index (Phi) is 4.03. The van der Waals surface area contributed by atoms with E-state index in [4.69, 9.17) is 9.47 Å². The molecular weight excluding hydrogens is 332 g/mol. The number of nitrogens with zero attached hydrogens (tertiary/aromatic N) is 1. The molecule has 0 unspecified atom stereocenters. The summed E-state index contributed by atoms with van der Waals surface area (Å²) in [6.07, 6.45) is 1.11. The number of nitrogens with one attached hydrogen (secondary N) is 1. The molecule has 0 bridgehead atoms. The van der Waals surface area contributed by atoms with Crippen LogP contribution in [-0.2, 0) is 9.59 Å². The second-order valence-corrected chi connectivity index (χ2v) is 6.59. The molecule has 2 aromatic rings. The molecule has 0 atom stereocenters. The zero-order valence-corrected chi connectivity index (χ0v) is 14.5. The van der Waals surface area contributed by atoms with Gasteiger partial charge in [-0.25, -0.2) is 0 Å². The first kappa shape index (κ1) is 16.4. The minimum Gasteiger partial charge on any atom is -0.486 e. The predicted octanol–water partition coefficient (Wildman–Crippen LogP) is 2.84. The van der Waals surface area contributed by atoms with Crippen LogP contribution >= 0.6 is 0 Å². The van der Waals surface area contributed by atoms with E-state index in [9.17, 15) is 9.59 Å². The molecule has 26 heavy (non-hydrogen) atoms. The summed E-state index contributed by atoms with van der Waals surface area (Å²) in [7, 11) is 1.70. The molecule has 6 nitrogen and oxygen atoms in total. The molecule has 1 aliphatic heterocycles. The summed E-state index contributed by atoms with van der Waals surface area (Å²) >= 11 is 0. The van der Waals surface area contributed by atoms with Gasteiger partial charge in [-0.3, -0.25) is 9.59 Å². The molecule has 1 N–H and O–H groups in total. The van der Waals surface area contributed by atoms with E-state index in [2.05, 4.69) is 5.32 Å². The lowest BCUT2D eigenvalue weighted by molar-refractivity contribution is -0.132. The van der Waals surface area contributed by atoms with Crippen molar-refractivity contribution in [2.45, 2.75) is 12.8 Å². The first-order valence-corrected chi connectivity index (χ1v) is 8.64. The third-order valence-corrected chi connectivity index (χ3v) is 4.84. The summed E-state index contributed by atoms with van der Waals surface area (Å²) in [6, 6.07) is 14.6. The highest BCUT2D eigenvalue weighted by molar-refractivity contribution is 6.17. The van der Waals surface area contributed by atoms with Crippen molar-refractivity contribution in [1.29, 1.82) is 0 Å². The van der Waals surface area contributed by atoms with Gasteiger partial charge in [0, 0.05) is 24.5 Å². The summed E-state index contributed by atoms with van der Waals surface area (Å²) < 4.78 is 11.0. The molecule has 2 aromatic carbocycles. The highest BCUT2D eigenvalue weighted by Gasteiger charge is 2.57. The molecule has 0 aromatic heterocycles. The van der Waals surface area contributed by atoms with Crippen LogP contribution in [0.5, 0.6) is 11.5 Å². The first-order valence-electron chi connectivity index (χ1n) is 8.64. The van der Waals surface area contributed by atoms with Gasteiger partial charge >= 0.3 is 0 Å². The van der Waals surface area contributed by atoms with E-state index in [0.29, 0.717) is 43.2 Å². The number of hydrogen-bond acceptors (Lipinski definition) is 4. The van der Waals surface area contributed by atoms with Crippen LogP contribution in [0.4, 0.5) is 11.4 Å². The molecule has 2 amide bonds. The van der Waals surface area contributed by atoms with E-state index in [1.54, 1.807) is 30.1 Å². The number of fused-ring (bicyclic) bond motifs is 1. The topological polar surface area (TPSA) is 67.9 Å². The molecular formula is C20H20N2O4. The molecule has 1 heterocycles. The van der Waals surface area contributed by atoms with Gasteiger partial charge in [-0.1, -0.05) is 18.2 Å². The van der Waals surface area contributed by atoms with Crippen LogP contribution in [0.2, 0.25) is 0 Å². The van der Waals surface area contributed by atoms with Crippen molar-refractivity contribution < 1.29 is 19.1 Å². The van der Waals surface area contributed by atoms with Crippen molar-refractivity contribution in [3.8, 4) is 11.5 Å². The maximum absolute atomic E-state index is 12.9. The standard InChI is InChI=1S/C20H20N2O4/c1-22(15-5-3-2-4-6-15)19(24)20(9-10-20)18(23)21-14-7-8-16-17(13-14)26-12-11-25-16/h2-8,13H,9-12H2,1H3,(H,21,23). The smallest absolute Gasteiger partial charge is 0.242 e. The van der Waals surface area contributed by atoms with Gasteiger partial charge in [-0.05, 0) is 37.1 Å². The zero-order valence-electron chi connectivity index (χ0n) is 14.5. The molecule has 2 aliphatic rings. The van der Waals surface area contributed by atoms with Gasteiger partial charge in [0.05, 0.1) is 0 Å². The van der Waals surface area contributed by atoms with E-state index >= 15 is 0 Å². The first-order chi connectivity index (χ1) is 12.6. The molecule has 1 aliphatic carbocycles. The molecule has 1 saturated carbocycles. The number of ether oxygens (including phenoxy) is 2. The van der Waals surface area contributed by atoms with Crippen molar-refractivity contribution in [3.63, 3.8) is 0 Å². The molecule has 6 heteroatoms. The summed E-state index contributed by atoms with van der Waals surface area (Å²) in [6.45, 7) is 0.997. The molecule has 1 fully saturated rings. The maximum atomic E-state index is 12.9. The number of benzene rings is 2. The Bertz CT molecular complexity index is 846. The second kappa shape index (κ2) is 6.37. The fraction of sp³-hybridized carbons (Fsp3) is 0.300. The fourth-order valence-electron chi connectivity index (χ4n) is 3.12. The van der Waals surface area contributed by atoms with Crippen molar-refractivity contribution in [2.75, 3.05) is 30.5 Å². The summed E-state index contributed by atoms with van der Waals surface area (Å²) in [4.78, 5) is 27.3. The van der Waals surface area contributed by atoms with Crippen molar-refractivity contribution in [3.05, 3.63) is 48.5 Å². The third kappa shape index (κ3) is 2.87. The lowest BCUT2D eigenvalue weighted by Crippen LogP contribution is -2.41. The number of amides is 2. The number of hydrogen-bond donors (Lipinski definition) is 1. The van der Waals surface area contributed by atoms with Crippen LogP contribution in [0.3, 0.4) is 0 Å². The van der Waals surface area contributed by atoms with Gasteiger partial charge < -0.3 is 19.7 Å². The lowest BCUT2D eigenvalue weighted by Gasteiger charge is -2.23. The van der Waals surface area contributed by atoms with Gasteiger partial charge in [0.15, 0.2) is 11.5 Å². The quantitative estimate of drug-likeness (QED) is 0.859. The number of rotatable bonds is 4. The van der Waals surface area contributed by atoms with Crippen LogP contribution in [0.25, 0.3) is 0 Å². The van der Waals surface area contributed by atoms with Crippen molar-refractivity contribution >= 4 is 23.2 Å². The summed E-state index contributed by atoms with van der Waals surface area (Å²) in [5.74, 6) is 0.808. The van der Waals surface area contributed by atoms with Crippen LogP contribution in [-0.4, -0.2) is 32.1 Å². The van der Waals surface area contributed by atoms with Gasteiger partial charge in [0.2, 0.25) is 11.8 Å². The third-order valence-electron chi connectivity index (χ3n) is 4.84. The average Bonchev–Trinajstić information content (AvgIpc) is 3.49. The van der Waals surface area contributed by atoms with E-state index in [-0.39, 0.29) is 11.8 Å². The molecule has 134 valence electrons. The normalized spacial score (nSPS) is 16.5. The van der Waals surface area contributed by atoms with E-state index < -0.39 is 5.41 Å². The zero-order chi connectivity index (χ0) is 18.1. The van der Waals surface area contributed by atoms with E-state index in [1.807, 2.05) is 30.3 Å². The van der Waals surface area contributed by atoms with Gasteiger partial charge in [-0.15, -0.1) is 0 Å². The van der Waals surface area contributed by atoms with Crippen molar-refractivity contribution in [1.82, 2.24) is 0 Å². The molecule has 0 radical (unpaired) electrons. The lowest BCUT2D eigenvalue weighted by atomic mass is 10.0. The highest BCUT2D eigenvalue weighted by Crippen LogP contribution is 2.48. The Balaban J connectivity index is 1.50. The molecule has 0 spiro atoms. The van der Waals surface area contributed by atoms with Crippen LogP contribution in [0.1, 0.15) is 12.8 Å². The maximum Gasteiger partial charge on any atom is 0.242 e. The Hall–Kier alpha value is -3.02.